The van der Waals surface area contributed by atoms with E-state index in [9.17, 15) is 0 Å². The molecule has 0 bridgehead atoms. The highest BCUT2D eigenvalue weighted by Gasteiger charge is 2.14. The first-order valence-corrected chi connectivity index (χ1v) is 7.86. The minimum absolute atomic E-state index is 0.213. The molecule has 0 saturated carbocycles. The number of nitrogens with one attached hydrogen (secondary N) is 1. The van der Waals surface area contributed by atoms with Crippen LogP contribution in [0.25, 0.3) is 0 Å². The molecule has 0 aromatic heterocycles. The van der Waals surface area contributed by atoms with Crippen molar-refractivity contribution in [1.82, 2.24) is 0 Å². The Morgan fingerprint density at radius 2 is 1.48 bits per heavy atom. The number of hydrogen-bond donors (Lipinski definition) is 1. The lowest BCUT2D eigenvalue weighted by Crippen LogP contribution is -2.12. The topological polar surface area (TPSA) is 12.0 Å². The van der Waals surface area contributed by atoms with Crippen LogP contribution in [0.15, 0.2) is 48.5 Å². The van der Waals surface area contributed by atoms with Gasteiger partial charge < -0.3 is 5.32 Å². The van der Waals surface area contributed by atoms with Crippen molar-refractivity contribution in [2.24, 2.45) is 0 Å². The van der Waals surface area contributed by atoms with Crippen molar-refractivity contribution in [1.29, 1.82) is 0 Å². The Hall–Kier alpha value is -1.76. The van der Waals surface area contributed by atoms with Crippen LogP contribution in [0.3, 0.4) is 0 Å². The monoisotopic (exact) mass is 281 g/mol. The van der Waals surface area contributed by atoms with Crippen LogP contribution in [-0.2, 0) is 11.8 Å². The predicted molar refractivity (Wildman–Crippen MR) is 93.0 cm³/mol. The van der Waals surface area contributed by atoms with Gasteiger partial charge in [0.1, 0.15) is 0 Å². The molecule has 112 valence electrons. The normalized spacial score (nSPS) is 13.0. The first-order valence-electron chi connectivity index (χ1n) is 7.86. The molecule has 0 fully saturated rings. The van der Waals surface area contributed by atoms with Gasteiger partial charge in [0.05, 0.1) is 0 Å². The second-order valence-corrected chi connectivity index (χ2v) is 6.79. The van der Waals surface area contributed by atoms with Gasteiger partial charge in [-0.05, 0) is 47.6 Å². The summed E-state index contributed by atoms with van der Waals surface area (Å²) >= 11 is 0. The van der Waals surface area contributed by atoms with Crippen LogP contribution in [0.2, 0.25) is 0 Å². The third-order valence-electron chi connectivity index (χ3n) is 4.02. The molecule has 0 saturated heterocycles. The molecule has 0 spiro atoms. The molecule has 0 amide bonds. The highest BCUT2D eigenvalue weighted by molar-refractivity contribution is 5.47. The fourth-order valence-corrected chi connectivity index (χ4v) is 2.44. The van der Waals surface area contributed by atoms with Crippen LogP contribution >= 0.6 is 0 Å². The summed E-state index contributed by atoms with van der Waals surface area (Å²) in [5.41, 5.74) is 5.47. The molecule has 0 radical (unpaired) electrons. The number of rotatable bonds is 4. The molecule has 0 aliphatic rings. The molecule has 0 heterocycles. The zero-order valence-corrected chi connectivity index (χ0v) is 13.9. The van der Waals surface area contributed by atoms with Crippen molar-refractivity contribution in [3.63, 3.8) is 0 Å². The lowest BCUT2D eigenvalue weighted by atomic mass is 9.86. The summed E-state index contributed by atoms with van der Waals surface area (Å²) in [4.78, 5) is 0. The van der Waals surface area contributed by atoms with Gasteiger partial charge in [-0.3, -0.25) is 0 Å². The summed E-state index contributed by atoms with van der Waals surface area (Å²) in [5.74, 6) is 0. The molecule has 21 heavy (non-hydrogen) atoms. The van der Waals surface area contributed by atoms with Crippen molar-refractivity contribution in [2.75, 3.05) is 5.32 Å². The van der Waals surface area contributed by atoms with Gasteiger partial charge >= 0.3 is 0 Å². The zero-order chi connectivity index (χ0) is 15.5. The molecule has 2 rings (SSSR count). The van der Waals surface area contributed by atoms with E-state index in [-0.39, 0.29) is 5.41 Å². The van der Waals surface area contributed by atoms with E-state index in [1.54, 1.807) is 0 Å². The van der Waals surface area contributed by atoms with E-state index >= 15 is 0 Å². The fourth-order valence-electron chi connectivity index (χ4n) is 2.44. The van der Waals surface area contributed by atoms with Gasteiger partial charge in [0, 0.05) is 11.7 Å². The molecule has 0 aliphatic carbocycles. The van der Waals surface area contributed by atoms with Crippen molar-refractivity contribution < 1.29 is 0 Å². The Morgan fingerprint density at radius 3 is 1.95 bits per heavy atom. The summed E-state index contributed by atoms with van der Waals surface area (Å²) in [5, 5.41) is 3.57. The molecule has 1 nitrogen and oxygen atoms in total. The Bertz CT molecular complexity index is 558. The maximum Gasteiger partial charge on any atom is 0.0485 e. The van der Waals surface area contributed by atoms with Crippen molar-refractivity contribution in [3.8, 4) is 0 Å². The van der Waals surface area contributed by atoms with Crippen molar-refractivity contribution in [3.05, 3.63) is 65.2 Å². The van der Waals surface area contributed by atoms with E-state index < -0.39 is 0 Å². The predicted octanol–water partition coefficient (Wildman–Crippen LogP) is 5.72. The van der Waals surface area contributed by atoms with Gasteiger partial charge in [0.25, 0.3) is 0 Å². The minimum Gasteiger partial charge on any atom is -0.379 e. The molecule has 1 heteroatoms. The Labute approximate surface area is 129 Å². The number of aryl methyl sites for hydroxylation is 1. The van der Waals surface area contributed by atoms with Crippen LogP contribution in [0.1, 0.15) is 57.4 Å². The Kier molecular flexibility index (Phi) is 4.72. The largest absolute Gasteiger partial charge is 0.379 e. The highest BCUT2D eigenvalue weighted by Crippen LogP contribution is 2.25. The molecule has 1 N–H and O–H groups in total. The summed E-state index contributed by atoms with van der Waals surface area (Å²) in [6.07, 6.45) is 1.09. The molecule has 2 aromatic carbocycles. The molecule has 0 aliphatic heterocycles. The van der Waals surface area contributed by atoms with Crippen molar-refractivity contribution in [2.45, 2.75) is 52.5 Å². The van der Waals surface area contributed by atoms with Crippen LogP contribution in [-0.4, -0.2) is 0 Å². The van der Waals surface area contributed by atoms with E-state index in [2.05, 4.69) is 88.5 Å². The van der Waals surface area contributed by atoms with E-state index in [0.717, 1.165) is 6.42 Å². The fraction of sp³-hybridized carbons (Fsp3) is 0.400. The van der Waals surface area contributed by atoms with Gasteiger partial charge in [0.2, 0.25) is 0 Å². The first-order chi connectivity index (χ1) is 9.90. The lowest BCUT2D eigenvalue weighted by molar-refractivity contribution is 0.589. The summed E-state index contributed by atoms with van der Waals surface area (Å²) < 4.78 is 0. The number of anilines is 1. The van der Waals surface area contributed by atoms with Crippen molar-refractivity contribution >= 4 is 5.69 Å². The van der Waals surface area contributed by atoms with Gasteiger partial charge in [-0.25, -0.2) is 0 Å². The average molecular weight is 281 g/mol. The first kappa shape index (κ1) is 15.6. The Morgan fingerprint density at radius 1 is 0.905 bits per heavy atom. The van der Waals surface area contributed by atoms with E-state index in [1.165, 1.54) is 22.4 Å². The van der Waals surface area contributed by atoms with E-state index in [1.807, 2.05) is 0 Å². The molecule has 1 atom stereocenters. The molecular weight excluding hydrogens is 254 g/mol. The van der Waals surface area contributed by atoms with Crippen LogP contribution in [0, 0.1) is 0 Å². The second kappa shape index (κ2) is 6.34. The lowest BCUT2D eigenvalue weighted by Gasteiger charge is -2.21. The van der Waals surface area contributed by atoms with Crippen LogP contribution in [0.5, 0.6) is 0 Å². The van der Waals surface area contributed by atoms with Crippen LogP contribution in [0.4, 0.5) is 5.69 Å². The molecule has 1 unspecified atom stereocenters. The smallest absolute Gasteiger partial charge is 0.0485 e. The standard InChI is InChI=1S/C20H27N/c1-6-16-7-13-19(14-8-16)21-15(2)17-9-11-18(12-10-17)20(3,4)5/h7-15,21H,6H2,1-5H3. The SMILES string of the molecule is CCc1ccc(NC(C)c2ccc(C(C)(C)C)cc2)cc1. The number of benzene rings is 2. The third-order valence-corrected chi connectivity index (χ3v) is 4.02. The highest BCUT2D eigenvalue weighted by atomic mass is 14.9. The minimum atomic E-state index is 0.213. The van der Waals surface area contributed by atoms with Gasteiger partial charge in [-0.15, -0.1) is 0 Å². The van der Waals surface area contributed by atoms with Gasteiger partial charge in [0.15, 0.2) is 0 Å². The maximum absolute atomic E-state index is 3.57. The van der Waals surface area contributed by atoms with Gasteiger partial charge in [-0.1, -0.05) is 64.1 Å². The second-order valence-electron chi connectivity index (χ2n) is 6.79. The summed E-state index contributed by atoms with van der Waals surface area (Å²) in [6.45, 7) is 11.1. The summed E-state index contributed by atoms with van der Waals surface area (Å²) in [6, 6.07) is 18.0. The zero-order valence-electron chi connectivity index (χ0n) is 13.9. The quantitative estimate of drug-likeness (QED) is 0.755. The van der Waals surface area contributed by atoms with E-state index in [0.29, 0.717) is 6.04 Å². The Balaban J connectivity index is 2.07. The van der Waals surface area contributed by atoms with E-state index in [4.69, 9.17) is 0 Å². The number of hydrogen-bond acceptors (Lipinski definition) is 1. The maximum atomic E-state index is 3.57. The average Bonchev–Trinajstić information content (AvgIpc) is 2.47. The third kappa shape index (κ3) is 4.10. The molecular formula is C20H27N. The molecule has 2 aromatic rings. The summed E-state index contributed by atoms with van der Waals surface area (Å²) in [7, 11) is 0. The van der Waals surface area contributed by atoms with Crippen LogP contribution < -0.4 is 5.32 Å². The van der Waals surface area contributed by atoms with Gasteiger partial charge in [-0.2, -0.15) is 0 Å².